The van der Waals surface area contributed by atoms with Crippen molar-refractivity contribution in [2.45, 2.75) is 33.1 Å². The minimum Gasteiger partial charge on any atom is -0.361 e. The number of pyridine rings is 1. The third kappa shape index (κ3) is 3.34. The Morgan fingerprint density at radius 2 is 2.17 bits per heavy atom. The lowest BCUT2D eigenvalue weighted by Gasteiger charge is -2.16. The number of fused-ring (bicyclic) bond motifs is 2. The second-order valence-electron chi connectivity index (χ2n) is 8.42. The molecule has 0 aromatic carbocycles. The number of allylic oxidation sites excluding steroid dienone is 1. The summed E-state index contributed by atoms with van der Waals surface area (Å²) in [5.74, 6) is 2.37. The van der Waals surface area contributed by atoms with Gasteiger partial charge in [0.05, 0.1) is 5.69 Å². The van der Waals surface area contributed by atoms with Gasteiger partial charge in [0.25, 0.3) is 0 Å². The molecule has 7 nitrogen and oxygen atoms in total. The van der Waals surface area contributed by atoms with Crippen LogP contribution in [0.4, 0.5) is 5.82 Å². The molecule has 1 fully saturated rings. The number of nitrogens with one attached hydrogen (secondary N) is 1. The maximum atomic E-state index is 12.7. The number of hydrogen-bond acceptors (Lipinski definition) is 5. The fraction of sp³-hybridized carbons (Fsp3) is 0.391. The Morgan fingerprint density at radius 1 is 1.30 bits per heavy atom. The monoisotopic (exact) mass is 404 g/mol. The lowest BCUT2D eigenvalue weighted by molar-refractivity contribution is -0.125. The highest BCUT2D eigenvalue weighted by Crippen LogP contribution is 2.42. The summed E-state index contributed by atoms with van der Waals surface area (Å²) in [5, 5.41) is 6.84. The molecule has 0 saturated carbocycles. The number of carbonyl (C=O) groups excluding carboxylic acids is 2. The number of anilines is 1. The zero-order valence-corrected chi connectivity index (χ0v) is 17.1. The van der Waals surface area contributed by atoms with Crippen molar-refractivity contribution in [3.63, 3.8) is 0 Å². The largest absolute Gasteiger partial charge is 0.361 e. The van der Waals surface area contributed by atoms with Gasteiger partial charge in [-0.05, 0) is 67.4 Å². The molecule has 0 bridgehead atoms. The fourth-order valence-electron chi connectivity index (χ4n) is 4.86. The van der Waals surface area contributed by atoms with Crippen molar-refractivity contribution in [3.05, 3.63) is 52.6 Å². The lowest BCUT2D eigenvalue weighted by Crippen LogP contribution is -2.27. The predicted octanol–water partition coefficient (Wildman–Crippen LogP) is 3.15. The van der Waals surface area contributed by atoms with E-state index in [0.717, 1.165) is 47.7 Å². The van der Waals surface area contributed by atoms with E-state index in [-0.39, 0.29) is 11.8 Å². The van der Waals surface area contributed by atoms with E-state index in [1.54, 1.807) is 12.3 Å². The molecule has 7 heteroatoms. The number of rotatable bonds is 3. The topological polar surface area (TPSA) is 88.3 Å². The molecule has 1 N–H and O–H groups in total. The van der Waals surface area contributed by atoms with Crippen molar-refractivity contribution in [2.24, 2.45) is 11.8 Å². The third-order valence-corrected chi connectivity index (χ3v) is 6.34. The van der Waals surface area contributed by atoms with E-state index in [1.165, 1.54) is 5.57 Å². The van der Waals surface area contributed by atoms with Gasteiger partial charge < -0.3 is 14.7 Å². The molecule has 3 aliphatic rings. The van der Waals surface area contributed by atoms with Crippen molar-refractivity contribution in [1.82, 2.24) is 15.0 Å². The molecule has 0 spiro atoms. The van der Waals surface area contributed by atoms with Crippen LogP contribution < -0.4 is 5.32 Å². The fourth-order valence-corrected chi connectivity index (χ4v) is 4.86. The van der Waals surface area contributed by atoms with E-state index in [1.807, 2.05) is 30.9 Å². The van der Waals surface area contributed by atoms with Crippen LogP contribution in [0.2, 0.25) is 0 Å². The van der Waals surface area contributed by atoms with Gasteiger partial charge in [-0.3, -0.25) is 9.59 Å². The van der Waals surface area contributed by atoms with Gasteiger partial charge in [-0.2, -0.15) is 0 Å². The molecular formula is C23H24N4O3. The Morgan fingerprint density at radius 3 is 2.93 bits per heavy atom. The maximum absolute atomic E-state index is 12.7. The van der Waals surface area contributed by atoms with E-state index >= 15 is 0 Å². The normalized spacial score (nSPS) is 22.8. The van der Waals surface area contributed by atoms with Gasteiger partial charge in [-0.25, -0.2) is 4.98 Å². The number of amides is 2. The van der Waals surface area contributed by atoms with Gasteiger partial charge in [0.1, 0.15) is 11.6 Å². The number of hydrogen-bond donors (Lipinski definition) is 1. The summed E-state index contributed by atoms with van der Waals surface area (Å²) < 4.78 is 5.31. The third-order valence-electron chi connectivity index (χ3n) is 6.34. The van der Waals surface area contributed by atoms with Crippen LogP contribution in [0, 0.1) is 25.7 Å². The number of aromatic nitrogens is 2. The van der Waals surface area contributed by atoms with Crippen LogP contribution in [-0.4, -0.2) is 39.9 Å². The molecule has 2 atom stereocenters. The first-order valence-electron chi connectivity index (χ1n) is 10.4. The molecule has 1 aliphatic carbocycles. The van der Waals surface area contributed by atoms with Gasteiger partial charge in [-0.1, -0.05) is 11.2 Å². The average Bonchev–Trinajstić information content (AvgIpc) is 3.39. The Hall–Kier alpha value is -3.22. The molecule has 1 saturated heterocycles. The first kappa shape index (κ1) is 18.8. The first-order valence-corrected chi connectivity index (χ1v) is 10.4. The lowest BCUT2D eigenvalue weighted by atomic mass is 9.98. The van der Waals surface area contributed by atoms with Crippen LogP contribution in [0.3, 0.4) is 0 Å². The van der Waals surface area contributed by atoms with Gasteiger partial charge in [-0.15, -0.1) is 0 Å². The highest BCUT2D eigenvalue weighted by atomic mass is 16.5. The number of carbonyl (C=O) groups is 2. The Balaban J connectivity index is 1.24. The number of nitrogens with zero attached hydrogens (tertiary/aromatic N) is 3. The summed E-state index contributed by atoms with van der Waals surface area (Å²) in [6.07, 6.45) is 9.54. The molecule has 4 heterocycles. The summed E-state index contributed by atoms with van der Waals surface area (Å²) in [4.78, 5) is 30.4. The Labute approximate surface area is 174 Å². The van der Waals surface area contributed by atoms with E-state index in [0.29, 0.717) is 30.5 Å². The molecule has 2 aliphatic heterocycles. The molecule has 5 rings (SSSR count). The summed E-state index contributed by atoms with van der Waals surface area (Å²) in [5.41, 5.74) is 5.26. The van der Waals surface area contributed by atoms with E-state index in [2.05, 4.69) is 21.5 Å². The highest BCUT2D eigenvalue weighted by Gasteiger charge is 2.38. The second-order valence-corrected chi connectivity index (χ2v) is 8.42. The molecule has 0 radical (unpaired) electrons. The maximum Gasteiger partial charge on any atom is 0.246 e. The molecule has 30 heavy (non-hydrogen) atoms. The van der Waals surface area contributed by atoms with Gasteiger partial charge in [0, 0.05) is 37.3 Å². The molecular weight excluding hydrogens is 380 g/mol. The van der Waals surface area contributed by atoms with E-state index in [4.69, 9.17) is 4.52 Å². The van der Waals surface area contributed by atoms with Gasteiger partial charge in [0.2, 0.25) is 11.8 Å². The molecule has 2 aromatic rings. The number of aryl methyl sites for hydroxylation is 3. The zero-order valence-electron chi connectivity index (χ0n) is 17.1. The first-order chi connectivity index (χ1) is 14.5. The van der Waals surface area contributed by atoms with Gasteiger partial charge in [0.15, 0.2) is 0 Å². The van der Waals surface area contributed by atoms with Crippen molar-refractivity contribution in [3.8, 4) is 0 Å². The quantitative estimate of drug-likeness (QED) is 0.794. The Kier molecular flexibility index (Phi) is 4.53. The van der Waals surface area contributed by atoms with Crippen molar-refractivity contribution in [1.29, 1.82) is 0 Å². The Bertz CT molecular complexity index is 1080. The number of likely N-dealkylation sites (tertiary alicyclic amines) is 1. The van der Waals surface area contributed by atoms with Crippen LogP contribution in [0.5, 0.6) is 0 Å². The van der Waals surface area contributed by atoms with Crippen molar-refractivity contribution >= 4 is 29.3 Å². The van der Waals surface area contributed by atoms with E-state index < -0.39 is 0 Å². The van der Waals surface area contributed by atoms with Crippen molar-refractivity contribution < 1.29 is 14.1 Å². The van der Waals surface area contributed by atoms with E-state index in [9.17, 15) is 9.59 Å². The molecule has 154 valence electrons. The van der Waals surface area contributed by atoms with Gasteiger partial charge >= 0.3 is 0 Å². The molecule has 2 unspecified atom stereocenters. The standard InChI is InChI=1S/C23H24N4O3/c1-13-22(14(2)30-26-13)17-8-18-11-27(12-19(18)9-17)21(29)6-3-15-7-16-4-5-20(28)25-23(16)24-10-15/h3,6-8,10,18-19H,4-5,9,11-12H2,1-2H3,(H,24,25,28)/b6-3+. The SMILES string of the molecule is Cc1noc(C)c1C1=CC2CN(C(=O)/C=C/c3cnc4c(c3)CCC(=O)N4)CC2C1. The summed E-state index contributed by atoms with van der Waals surface area (Å²) in [6, 6.07) is 1.99. The van der Waals surface area contributed by atoms with Crippen LogP contribution in [0.1, 0.15) is 41.0 Å². The van der Waals surface area contributed by atoms with Crippen molar-refractivity contribution in [2.75, 3.05) is 18.4 Å². The summed E-state index contributed by atoms with van der Waals surface area (Å²) >= 11 is 0. The minimum absolute atomic E-state index is 0.000358. The minimum atomic E-state index is -0.000358. The predicted molar refractivity (Wildman–Crippen MR) is 112 cm³/mol. The average molecular weight is 404 g/mol. The van der Waals surface area contributed by atoms with Crippen LogP contribution >= 0.6 is 0 Å². The summed E-state index contributed by atoms with van der Waals surface area (Å²) in [6.45, 7) is 5.44. The van der Waals surface area contributed by atoms with Crippen LogP contribution in [0.15, 0.2) is 28.9 Å². The molecule has 2 amide bonds. The summed E-state index contributed by atoms with van der Waals surface area (Å²) in [7, 11) is 0. The smallest absolute Gasteiger partial charge is 0.246 e. The highest BCUT2D eigenvalue weighted by molar-refractivity contribution is 5.94. The van der Waals surface area contributed by atoms with Crippen LogP contribution in [0.25, 0.3) is 11.6 Å². The zero-order chi connectivity index (χ0) is 20.8. The van der Waals surface area contributed by atoms with Crippen LogP contribution in [-0.2, 0) is 16.0 Å². The second kappa shape index (κ2) is 7.23. The molecule has 2 aromatic heterocycles.